The van der Waals surface area contributed by atoms with E-state index in [2.05, 4.69) is 8.75 Å². The lowest BCUT2D eigenvalue weighted by atomic mass is 10.6. The fourth-order valence-electron chi connectivity index (χ4n) is 0.867. The normalized spacial score (nSPS) is 15.8. The summed E-state index contributed by atoms with van der Waals surface area (Å²) < 4.78 is 24.5. The maximum Gasteiger partial charge on any atom is 0.206 e. The summed E-state index contributed by atoms with van der Waals surface area (Å²) in [7, 11) is -2.48. The van der Waals surface area contributed by atoms with Crippen LogP contribution in [0.2, 0.25) is 0 Å². The van der Waals surface area contributed by atoms with Crippen molar-refractivity contribution in [3.05, 3.63) is 11.9 Å². The highest BCUT2D eigenvalue weighted by atomic mass is 32.1. The molecule has 0 spiro atoms. The summed E-state index contributed by atoms with van der Waals surface area (Å²) in [6, 6.07) is 0. The molecule has 0 amide bonds. The summed E-state index contributed by atoms with van der Waals surface area (Å²) in [6.07, 6.45) is 2.01. The zero-order valence-corrected chi connectivity index (χ0v) is 8.77. The molecule has 0 saturated carbocycles. The van der Waals surface area contributed by atoms with E-state index in [1.165, 1.54) is 0 Å². The lowest BCUT2D eigenvalue weighted by Crippen LogP contribution is -1.92. The first-order valence-corrected chi connectivity index (χ1v) is 6.60. The lowest BCUT2D eigenvalue weighted by molar-refractivity contribution is 0.336. The summed E-state index contributed by atoms with van der Waals surface area (Å²) in [5.41, 5.74) is 0.749. The van der Waals surface area contributed by atoms with Crippen LogP contribution in [0.25, 0.3) is 0 Å². The molecule has 1 heterocycles. The monoisotopic (exact) mass is 206 g/mol. The SMILES string of the molecule is CCOP(C)(=O)Cc1cnsn1. The third-order valence-corrected chi connectivity index (χ3v) is 3.48. The smallest absolute Gasteiger partial charge is 0.206 e. The fraction of sp³-hybridized carbons (Fsp3) is 0.667. The molecule has 0 N–H and O–H groups in total. The molecule has 1 unspecified atom stereocenters. The van der Waals surface area contributed by atoms with E-state index in [9.17, 15) is 4.57 Å². The van der Waals surface area contributed by atoms with Gasteiger partial charge in [-0.2, -0.15) is 8.75 Å². The van der Waals surface area contributed by atoms with Gasteiger partial charge in [-0.15, -0.1) is 0 Å². The molecule has 0 fully saturated rings. The predicted molar refractivity (Wildman–Crippen MR) is 48.8 cm³/mol. The number of nitrogens with zero attached hydrogens (tertiary/aromatic N) is 2. The van der Waals surface area contributed by atoms with Crippen LogP contribution in [-0.2, 0) is 15.3 Å². The minimum atomic E-state index is -2.48. The van der Waals surface area contributed by atoms with Gasteiger partial charge in [-0.3, -0.25) is 4.57 Å². The molecule has 6 heteroatoms. The topological polar surface area (TPSA) is 52.1 Å². The van der Waals surface area contributed by atoms with E-state index >= 15 is 0 Å². The van der Waals surface area contributed by atoms with Crippen LogP contribution in [0.1, 0.15) is 12.6 Å². The van der Waals surface area contributed by atoms with Crippen molar-refractivity contribution in [3.8, 4) is 0 Å². The largest absolute Gasteiger partial charge is 0.329 e. The molecular formula is C6H11N2O2PS. The van der Waals surface area contributed by atoms with Gasteiger partial charge in [0.05, 0.1) is 36.4 Å². The van der Waals surface area contributed by atoms with Crippen molar-refractivity contribution < 1.29 is 9.09 Å². The molecule has 1 aromatic heterocycles. The molecule has 4 nitrogen and oxygen atoms in total. The Morgan fingerprint density at radius 2 is 2.50 bits per heavy atom. The minimum absolute atomic E-state index is 0.386. The van der Waals surface area contributed by atoms with Crippen molar-refractivity contribution in [1.82, 2.24) is 8.75 Å². The standard InChI is InChI=1S/C6H11N2O2PS/c1-3-10-11(2,9)5-6-4-7-12-8-6/h4H,3,5H2,1-2H3. The molecule has 0 aliphatic carbocycles. The Balaban J connectivity index is 2.56. The molecule has 0 radical (unpaired) electrons. The Kier molecular flexibility index (Phi) is 3.38. The van der Waals surface area contributed by atoms with E-state index in [0.717, 1.165) is 17.4 Å². The summed E-state index contributed by atoms with van der Waals surface area (Å²) in [5, 5.41) is 0. The van der Waals surface area contributed by atoms with Gasteiger partial charge in [0, 0.05) is 6.66 Å². The highest BCUT2D eigenvalue weighted by Gasteiger charge is 2.17. The lowest BCUT2D eigenvalue weighted by Gasteiger charge is -2.09. The second-order valence-corrected chi connectivity index (χ2v) is 5.65. The molecule has 0 aliphatic rings. The summed E-state index contributed by atoms with van der Waals surface area (Å²) in [6.45, 7) is 3.93. The maximum atomic E-state index is 11.6. The van der Waals surface area contributed by atoms with E-state index in [1.807, 2.05) is 6.92 Å². The highest BCUT2D eigenvalue weighted by Crippen LogP contribution is 2.45. The van der Waals surface area contributed by atoms with Crippen LogP contribution in [0.15, 0.2) is 6.20 Å². The number of hydrogen-bond acceptors (Lipinski definition) is 5. The fourth-order valence-corrected chi connectivity index (χ4v) is 2.77. The number of rotatable bonds is 4. The van der Waals surface area contributed by atoms with Gasteiger partial charge in [-0.25, -0.2) is 0 Å². The Morgan fingerprint density at radius 3 is 3.00 bits per heavy atom. The van der Waals surface area contributed by atoms with Crippen molar-refractivity contribution in [1.29, 1.82) is 0 Å². The minimum Gasteiger partial charge on any atom is -0.329 e. The first-order valence-electron chi connectivity index (χ1n) is 3.61. The number of aromatic nitrogens is 2. The summed E-state index contributed by atoms with van der Waals surface area (Å²) >= 11 is 1.12. The van der Waals surface area contributed by atoms with Crippen molar-refractivity contribution in [2.45, 2.75) is 13.1 Å². The van der Waals surface area contributed by atoms with Gasteiger partial charge >= 0.3 is 0 Å². The Labute approximate surface area is 75.7 Å². The molecule has 1 aromatic rings. The first kappa shape index (κ1) is 9.84. The molecule has 0 aliphatic heterocycles. The Hall–Kier alpha value is -0.250. The summed E-state index contributed by atoms with van der Waals surface area (Å²) in [4.78, 5) is 0. The van der Waals surface area contributed by atoms with Gasteiger partial charge in [0.2, 0.25) is 7.37 Å². The zero-order valence-electron chi connectivity index (χ0n) is 7.06. The molecular weight excluding hydrogens is 195 g/mol. The van der Waals surface area contributed by atoms with Crippen LogP contribution in [0.5, 0.6) is 0 Å². The van der Waals surface area contributed by atoms with Gasteiger partial charge in [0.1, 0.15) is 0 Å². The van der Waals surface area contributed by atoms with Gasteiger partial charge in [-0.1, -0.05) is 0 Å². The predicted octanol–water partition coefficient (Wildman–Crippen LogP) is 1.98. The van der Waals surface area contributed by atoms with Crippen molar-refractivity contribution in [2.24, 2.45) is 0 Å². The maximum absolute atomic E-state index is 11.6. The van der Waals surface area contributed by atoms with Gasteiger partial charge in [0.25, 0.3) is 0 Å². The van der Waals surface area contributed by atoms with Gasteiger partial charge < -0.3 is 4.52 Å². The van der Waals surface area contributed by atoms with Crippen molar-refractivity contribution in [3.63, 3.8) is 0 Å². The van der Waals surface area contributed by atoms with Gasteiger partial charge in [-0.05, 0) is 6.92 Å². The van der Waals surface area contributed by atoms with Crippen LogP contribution >= 0.6 is 19.1 Å². The van der Waals surface area contributed by atoms with E-state index < -0.39 is 7.37 Å². The molecule has 1 atom stereocenters. The zero-order chi connectivity index (χ0) is 9.03. The molecule has 0 saturated heterocycles. The third-order valence-electron chi connectivity index (χ3n) is 1.26. The first-order chi connectivity index (χ1) is 5.64. The molecule has 0 aromatic carbocycles. The Morgan fingerprint density at radius 1 is 1.75 bits per heavy atom. The molecule has 1 rings (SSSR count). The average Bonchev–Trinajstić information content (AvgIpc) is 2.38. The molecule has 68 valence electrons. The molecule has 0 bridgehead atoms. The van der Waals surface area contributed by atoms with E-state index in [-0.39, 0.29) is 0 Å². The van der Waals surface area contributed by atoms with Crippen LogP contribution in [0.3, 0.4) is 0 Å². The second kappa shape index (κ2) is 4.12. The highest BCUT2D eigenvalue weighted by molar-refractivity contribution is 7.57. The van der Waals surface area contributed by atoms with Crippen LogP contribution in [0.4, 0.5) is 0 Å². The van der Waals surface area contributed by atoms with E-state index in [4.69, 9.17) is 4.52 Å². The van der Waals surface area contributed by atoms with E-state index in [0.29, 0.717) is 12.8 Å². The van der Waals surface area contributed by atoms with Gasteiger partial charge in [0.15, 0.2) is 0 Å². The Bertz CT molecular complexity index is 275. The van der Waals surface area contributed by atoms with Crippen molar-refractivity contribution in [2.75, 3.05) is 13.3 Å². The quantitative estimate of drug-likeness (QED) is 0.707. The third kappa shape index (κ3) is 3.01. The summed E-state index contributed by atoms with van der Waals surface area (Å²) in [5.74, 6) is 0. The van der Waals surface area contributed by atoms with Crippen molar-refractivity contribution >= 4 is 19.1 Å². The van der Waals surface area contributed by atoms with Crippen LogP contribution in [-0.4, -0.2) is 22.0 Å². The van der Waals surface area contributed by atoms with E-state index in [1.54, 1.807) is 12.9 Å². The second-order valence-electron chi connectivity index (χ2n) is 2.49. The molecule has 12 heavy (non-hydrogen) atoms. The average molecular weight is 206 g/mol. The van der Waals surface area contributed by atoms with Crippen LogP contribution in [0, 0.1) is 0 Å². The number of hydrogen-bond donors (Lipinski definition) is 0. The van der Waals surface area contributed by atoms with Crippen LogP contribution < -0.4 is 0 Å².